The van der Waals surface area contributed by atoms with Crippen LogP contribution >= 0.6 is 0 Å². The Morgan fingerprint density at radius 3 is 2.95 bits per heavy atom. The quantitative estimate of drug-likeness (QED) is 0.884. The molecule has 104 valence electrons. The van der Waals surface area contributed by atoms with Crippen LogP contribution in [-0.4, -0.2) is 34.2 Å². The summed E-state index contributed by atoms with van der Waals surface area (Å²) in [5.74, 6) is 0.385. The van der Waals surface area contributed by atoms with Crippen LogP contribution in [0.3, 0.4) is 0 Å². The molecular weight excluding hydrogens is 240 g/mol. The second kappa shape index (κ2) is 4.34. The van der Waals surface area contributed by atoms with Crippen molar-refractivity contribution in [2.24, 2.45) is 11.3 Å². The molecule has 1 fully saturated rings. The summed E-state index contributed by atoms with van der Waals surface area (Å²) in [6.07, 6.45) is 2.90. The van der Waals surface area contributed by atoms with E-state index in [1.807, 2.05) is 6.20 Å². The van der Waals surface area contributed by atoms with Crippen LogP contribution < -0.4 is 5.32 Å². The topological polar surface area (TPSA) is 50.2 Å². The molecule has 0 bridgehead atoms. The van der Waals surface area contributed by atoms with E-state index in [2.05, 4.69) is 40.9 Å². The van der Waals surface area contributed by atoms with Crippen molar-refractivity contribution in [3.05, 3.63) is 17.5 Å². The zero-order valence-electron chi connectivity index (χ0n) is 11.9. The number of hydrogen-bond acceptors (Lipinski definition) is 3. The van der Waals surface area contributed by atoms with Gasteiger partial charge in [-0.2, -0.15) is 5.10 Å². The van der Waals surface area contributed by atoms with Crippen LogP contribution in [0.25, 0.3) is 0 Å². The maximum absolute atomic E-state index is 12.0. The van der Waals surface area contributed by atoms with Crippen molar-refractivity contribution in [2.45, 2.75) is 39.9 Å². The summed E-state index contributed by atoms with van der Waals surface area (Å²) in [6.45, 7) is 7.79. The van der Waals surface area contributed by atoms with Crippen LogP contribution in [0.2, 0.25) is 0 Å². The molecule has 3 rings (SSSR count). The summed E-state index contributed by atoms with van der Waals surface area (Å²) in [4.78, 5) is 14.3. The minimum Gasteiger partial charge on any atom is -0.352 e. The highest BCUT2D eigenvalue weighted by Gasteiger charge is 2.50. The fraction of sp³-hybridized carbons (Fsp3) is 0.714. The number of aromatic nitrogens is 2. The summed E-state index contributed by atoms with van der Waals surface area (Å²) in [6, 6.07) is 0. The first-order valence-electron chi connectivity index (χ1n) is 6.97. The molecule has 5 nitrogen and oxygen atoms in total. The van der Waals surface area contributed by atoms with Crippen molar-refractivity contribution in [2.75, 3.05) is 13.6 Å². The summed E-state index contributed by atoms with van der Waals surface area (Å²) in [7, 11) is 2.12. The lowest BCUT2D eigenvalue weighted by molar-refractivity contribution is -0.123. The van der Waals surface area contributed by atoms with Gasteiger partial charge in [-0.3, -0.25) is 14.4 Å². The van der Waals surface area contributed by atoms with E-state index >= 15 is 0 Å². The number of carbonyl (C=O) groups is 1. The summed E-state index contributed by atoms with van der Waals surface area (Å²) >= 11 is 0. The number of nitrogens with zero attached hydrogens (tertiary/aromatic N) is 3. The third-order valence-electron chi connectivity index (χ3n) is 4.43. The fourth-order valence-electron chi connectivity index (χ4n) is 2.79. The zero-order valence-corrected chi connectivity index (χ0v) is 11.9. The van der Waals surface area contributed by atoms with E-state index in [1.165, 1.54) is 5.69 Å². The Labute approximate surface area is 114 Å². The van der Waals surface area contributed by atoms with Crippen molar-refractivity contribution in [3.63, 3.8) is 0 Å². The van der Waals surface area contributed by atoms with Gasteiger partial charge in [0.15, 0.2) is 0 Å². The lowest BCUT2D eigenvalue weighted by Crippen LogP contribution is -2.32. The van der Waals surface area contributed by atoms with E-state index in [4.69, 9.17) is 0 Å². The predicted molar refractivity (Wildman–Crippen MR) is 72.3 cm³/mol. The maximum atomic E-state index is 12.0. The van der Waals surface area contributed by atoms with Crippen molar-refractivity contribution >= 4 is 5.91 Å². The van der Waals surface area contributed by atoms with E-state index in [1.54, 1.807) is 0 Å². The third kappa shape index (κ3) is 2.39. The van der Waals surface area contributed by atoms with Crippen molar-refractivity contribution < 1.29 is 4.79 Å². The zero-order chi connectivity index (χ0) is 13.6. The van der Waals surface area contributed by atoms with E-state index in [0.717, 1.165) is 31.6 Å². The van der Waals surface area contributed by atoms with Gasteiger partial charge >= 0.3 is 0 Å². The predicted octanol–water partition coefficient (Wildman–Crippen LogP) is 0.991. The Hall–Kier alpha value is -1.36. The molecule has 0 spiro atoms. The van der Waals surface area contributed by atoms with Gasteiger partial charge in [0.05, 0.1) is 18.4 Å². The molecule has 1 unspecified atom stereocenters. The maximum Gasteiger partial charge on any atom is 0.223 e. The average Bonchev–Trinajstić information content (AvgIpc) is 2.82. The van der Waals surface area contributed by atoms with E-state index < -0.39 is 0 Å². The molecule has 2 aliphatic rings. The van der Waals surface area contributed by atoms with Gasteiger partial charge in [-0.25, -0.2) is 0 Å². The second-order valence-electron chi connectivity index (χ2n) is 6.54. The number of rotatable bonds is 3. The van der Waals surface area contributed by atoms with E-state index in [9.17, 15) is 4.79 Å². The van der Waals surface area contributed by atoms with Crippen LogP contribution in [0.1, 0.15) is 31.5 Å². The summed E-state index contributed by atoms with van der Waals surface area (Å²) < 4.78 is 2.06. The van der Waals surface area contributed by atoms with Crippen molar-refractivity contribution in [1.29, 1.82) is 0 Å². The number of hydrogen-bond donors (Lipinski definition) is 1. The Balaban J connectivity index is 1.62. The first kappa shape index (κ1) is 12.7. The first-order chi connectivity index (χ1) is 8.97. The minimum atomic E-state index is 0.189. The van der Waals surface area contributed by atoms with Gasteiger partial charge in [-0.1, -0.05) is 13.8 Å². The normalized spacial score (nSPS) is 24.9. The van der Waals surface area contributed by atoms with Gasteiger partial charge < -0.3 is 5.32 Å². The molecule has 1 aliphatic carbocycles. The number of likely N-dealkylation sites (N-methyl/N-ethyl adjacent to an activating group) is 1. The van der Waals surface area contributed by atoms with Gasteiger partial charge in [0.2, 0.25) is 5.91 Å². The molecule has 1 aliphatic heterocycles. The van der Waals surface area contributed by atoms with Crippen molar-refractivity contribution in [1.82, 2.24) is 20.0 Å². The molecule has 0 aromatic carbocycles. The molecule has 0 saturated heterocycles. The third-order valence-corrected chi connectivity index (χ3v) is 4.43. The highest BCUT2D eigenvalue weighted by Crippen LogP contribution is 2.51. The molecule has 1 aromatic rings. The summed E-state index contributed by atoms with van der Waals surface area (Å²) in [5, 5.41) is 7.45. The van der Waals surface area contributed by atoms with Gasteiger partial charge in [0, 0.05) is 31.1 Å². The van der Waals surface area contributed by atoms with Gasteiger partial charge in [-0.05, 0) is 18.9 Å². The fourth-order valence-corrected chi connectivity index (χ4v) is 2.79. The molecule has 1 saturated carbocycles. The highest BCUT2D eigenvalue weighted by atomic mass is 16.2. The molecule has 1 aromatic heterocycles. The van der Waals surface area contributed by atoms with Gasteiger partial charge in [0.25, 0.3) is 0 Å². The molecule has 2 heterocycles. The monoisotopic (exact) mass is 262 g/mol. The Bertz CT molecular complexity index is 506. The van der Waals surface area contributed by atoms with Crippen LogP contribution in [-0.2, 0) is 24.4 Å². The molecular formula is C14H22N4O. The number of nitrogens with one attached hydrogen (secondary N) is 1. The lowest BCUT2D eigenvalue weighted by atomic mass is 10.1. The molecule has 19 heavy (non-hydrogen) atoms. The van der Waals surface area contributed by atoms with Crippen LogP contribution in [0.5, 0.6) is 0 Å². The number of carbonyl (C=O) groups excluding carboxylic acids is 1. The van der Waals surface area contributed by atoms with E-state index in [-0.39, 0.29) is 17.2 Å². The highest BCUT2D eigenvalue weighted by molar-refractivity contribution is 5.82. The second-order valence-corrected chi connectivity index (χ2v) is 6.54. The largest absolute Gasteiger partial charge is 0.352 e. The summed E-state index contributed by atoms with van der Waals surface area (Å²) in [5.41, 5.74) is 2.59. The molecule has 1 atom stereocenters. The molecule has 1 amide bonds. The van der Waals surface area contributed by atoms with Gasteiger partial charge in [-0.15, -0.1) is 0 Å². The SMILES string of the molecule is CN1CCn2ncc(CNC(=O)C3CC3(C)C)c2C1. The first-order valence-corrected chi connectivity index (χ1v) is 6.97. The average molecular weight is 262 g/mol. The van der Waals surface area contributed by atoms with Gasteiger partial charge in [0.1, 0.15) is 0 Å². The molecule has 1 N–H and O–H groups in total. The number of fused-ring (bicyclic) bond motifs is 1. The Morgan fingerprint density at radius 2 is 2.26 bits per heavy atom. The van der Waals surface area contributed by atoms with Crippen LogP contribution in [0.15, 0.2) is 6.20 Å². The molecule has 0 radical (unpaired) electrons. The van der Waals surface area contributed by atoms with Crippen molar-refractivity contribution in [3.8, 4) is 0 Å². The standard InChI is InChI=1S/C14H22N4O/c1-14(2)6-11(14)13(19)15-7-10-8-16-18-5-4-17(3)9-12(10)18/h8,11H,4-7,9H2,1-3H3,(H,15,19). The Kier molecular flexibility index (Phi) is 2.89. The smallest absolute Gasteiger partial charge is 0.223 e. The van der Waals surface area contributed by atoms with E-state index in [0.29, 0.717) is 6.54 Å². The van der Waals surface area contributed by atoms with Crippen LogP contribution in [0.4, 0.5) is 0 Å². The number of amides is 1. The lowest BCUT2D eigenvalue weighted by Gasteiger charge is -2.24. The van der Waals surface area contributed by atoms with Crippen LogP contribution in [0, 0.1) is 11.3 Å². The minimum absolute atomic E-state index is 0.189. The molecule has 5 heteroatoms. The Morgan fingerprint density at radius 1 is 1.53 bits per heavy atom.